The van der Waals surface area contributed by atoms with Crippen LogP contribution in [-0.4, -0.2) is 95.3 Å². The highest BCUT2D eigenvalue weighted by molar-refractivity contribution is 5.97. The first-order valence-corrected chi connectivity index (χ1v) is 17.1. The number of methoxy groups -OCH3 is 1. The van der Waals surface area contributed by atoms with E-state index < -0.39 is 35.5 Å². The zero-order valence-electron chi connectivity index (χ0n) is 30.0. The Hall–Kier alpha value is -4.16. The molecule has 2 atom stereocenters. The van der Waals surface area contributed by atoms with Crippen molar-refractivity contribution in [3.05, 3.63) is 59.7 Å². The van der Waals surface area contributed by atoms with Gasteiger partial charge in [-0.15, -0.1) is 0 Å². The van der Waals surface area contributed by atoms with E-state index in [0.29, 0.717) is 63.5 Å². The van der Waals surface area contributed by atoms with E-state index in [0.717, 1.165) is 24.0 Å². The Kier molecular flexibility index (Phi) is 12.7. The van der Waals surface area contributed by atoms with Gasteiger partial charge in [-0.3, -0.25) is 24.3 Å². The lowest BCUT2D eigenvalue weighted by atomic mass is 10.1. The molecule has 12 heteroatoms. The number of rotatable bonds is 11. The van der Waals surface area contributed by atoms with Crippen LogP contribution in [-0.2, 0) is 36.9 Å². The summed E-state index contributed by atoms with van der Waals surface area (Å²) in [5, 5.41) is 5.92. The first-order chi connectivity index (χ1) is 23.1. The van der Waals surface area contributed by atoms with Crippen molar-refractivity contribution in [1.82, 2.24) is 14.7 Å². The molecule has 2 aliphatic heterocycles. The Morgan fingerprint density at radius 1 is 0.694 bits per heavy atom. The number of carbonyl (C=O) groups is 4. The van der Waals surface area contributed by atoms with Gasteiger partial charge in [-0.2, -0.15) is 0 Å². The molecule has 2 N–H and O–H groups in total. The van der Waals surface area contributed by atoms with Gasteiger partial charge in [0.2, 0.25) is 11.8 Å². The van der Waals surface area contributed by atoms with Crippen molar-refractivity contribution >= 4 is 35.4 Å². The molecule has 2 fully saturated rings. The van der Waals surface area contributed by atoms with E-state index >= 15 is 0 Å². The second kappa shape index (κ2) is 16.5. The van der Waals surface area contributed by atoms with E-state index in [2.05, 4.69) is 15.5 Å². The quantitative estimate of drug-likeness (QED) is 0.296. The molecule has 2 aromatic carbocycles. The highest BCUT2D eigenvalue weighted by Crippen LogP contribution is 2.24. The fraction of sp³-hybridized carbons (Fsp3) is 0.568. The zero-order valence-corrected chi connectivity index (χ0v) is 30.0. The normalized spacial score (nSPS) is 18.0. The summed E-state index contributed by atoms with van der Waals surface area (Å²) in [6, 6.07) is 14.3. The maximum absolute atomic E-state index is 13.1. The maximum atomic E-state index is 13.1. The SMILES string of the molecule is COCCN(Cc1ccc(NC(=O)[C@@H]2CCCN2C(=O)OC(C)(C)C)cc1)Cc1ccc(NC(=O)[C@@H]2CCCN2C(=O)OC(C)(C)C)cc1. The van der Waals surface area contributed by atoms with Gasteiger partial charge in [0.25, 0.3) is 0 Å². The molecule has 0 saturated carbocycles. The summed E-state index contributed by atoms with van der Waals surface area (Å²) < 4.78 is 16.4. The molecule has 4 amide bonds. The summed E-state index contributed by atoms with van der Waals surface area (Å²) in [5.74, 6) is -0.442. The molecule has 2 aliphatic rings. The van der Waals surface area contributed by atoms with Crippen LogP contribution in [0.15, 0.2) is 48.5 Å². The van der Waals surface area contributed by atoms with Gasteiger partial charge in [0.1, 0.15) is 23.3 Å². The number of hydrogen-bond acceptors (Lipinski definition) is 8. The van der Waals surface area contributed by atoms with Crippen molar-refractivity contribution in [3.63, 3.8) is 0 Å². The lowest BCUT2D eigenvalue weighted by Gasteiger charge is -2.28. The Bertz CT molecular complexity index is 1330. The number of benzene rings is 2. The van der Waals surface area contributed by atoms with Gasteiger partial charge in [-0.1, -0.05) is 24.3 Å². The summed E-state index contributed by atoms with van der Waals surface area (Å²) >= 11 is 0. The van der Waals surface area contributed by atoms with Crippen LogP contribution in [0.2, 0.25) is 0 Å². The van der Waals surface area contributed by atoms with Gasteiger partial charge in [-0.05, 0) is 103 Å². The molecular formula is C37H53N5O7. The van der Waals surface area contributed by atoms with Crippen molar-refractivity contribution in [2.45, 2.75) is 104 Å². The molecule has 2 saturated heterocycles. The summed E-state index contributed by atoms with van der Waals surface area (Å²) in [7, 11) is 1.68. The van der Waals surface area contributed by atoms with Crippen LogP contribution in [0.25, 0.3) is 0 Å². The molecule has 0 unspecified atom stereocenters. The molecule has 49 heavy (non-hydrogen) atoms. The Labute approximate surface area is 290 Å². The Balaban J connectivity index is 1.31. The van der Waals surface area contributed by atoms with Crippen LogP contribution in [0.5, 0.6) is 0 Å². The lowest BCUT2D eigenvalue weighted by molar-refractivity contribution is -0.121. The van der Waals surface area contributed by atoms with E-state index in [9.17, 15) is 19.2 Å². The lowest BCUT2D eigenvalue weighted by Crippen LogP contribution is -2.45. The molecule has 0 spiro atoms. The predicted octanol–water partition coefficient (Wildman–Crippen LogP) is 6.01. The molecule has 0 aromatic heterocycles. The number of nitrogens with one attached hydrogen (secondary N) is 2. The largest absolute Gasteiger partial charge is 0.444 e. The predicted molar refractivity (Wildman–Crippen MR) is 188 cm³/mol. The minimum Gasteiger partial charge on any atom is -0.444 e. The fourth-order valence-electron chi connectivity index (χ4n) is 5.95. The average molecular weight is 680 g/mol. The van der Waals surface area contributed by atoms with E-state index in [4.69, 9.17) is 14.2 Å². The third-order valence-electron chi connectivity index (χ3n) is 8.23. The second-order valence-corrected chi connectivity index (χ2v) is 14.7. The number of hydrogen-bond donors (Lipinski definition) is 2. The molecular weight excluding hydrogens is 626 g/mol. The molecule has 2 heterocycles. The van der Waals surface area contributed by atoms with Crippen molar-refractivity contribution in [2.24, 2.45) is 0 Å². The fourth-order valence-corrected chi connectivity index (χ4v) is 5.95. The molecule has 0 bridgehead atoms. The number of nitrogens with zero attached hydrogens (tertiary/aromatic N) is 3. The van der Waals surface area contributed by atoms with Crippen LogP contribution in [0.1, 0.15) is 78.4 Å². The van der Waals surface area contributed by atoms with Crippen molar-refractivity contribution in [2.75, 3.05) is 44.0 Å². The van der Waals surface area contributed by atoms with Gasteiger partial charge in [0.05, 0.1) is 6.61 Å². The van der Waals surface area contributed by atoms with Crippen LogP contribution in [0.3, 0.4) is 0 Å². The number of ether oxygens (including phenoxy) is 3. The van der Waals surface area contributed by atoms with Gasteiger partial charge >= 0.3 is 12.2 Å². The van der Waals surface area contributed by atoms with E-state index in [1.54, 1.807) is 7.11 Å². The minimum atomic E-state index is -0.627. The minimum absolute atomic E-state index is 0.221. The highest BCUT2D eigenvalue weighted by Gasteiger charge is 2.38. The van der Waals surface area contributed by atoms with Crippen LogP contribution >= 0.6 is 0 Å². The van der Waals surface area contributed by atoms with Crippen LogP contribution in [0.4, 0.5) is 21.0 Å². The molecule has 268 valence electrons. The summed E-state index contributed by atoms with van der Waals surface area (Å²) in [5.41, 5.74) is 2.21. The van der Waals surface area contributed by atoms with E-state index in [-0.39, 0.29) is 11.8 Å². The van der Waals surface area contributed by atoms with Gasteiger partial charge < -0.3 is 24.8 Å². The first kappa shape index (κ1) is 37.7. The number of carbonyl (C=O) groups excluding carboxylic acids is 4. The number of anilines is 2. The van der Waals surface area contributed by atoms with Crippen LogP contribution in [0, 0.1) is 0 Å². The topological polar surface area (TPSA) is 130 Å². The Morgan fingerprint density at radius 2 is 1.08 bits per heavy atom. The van der Waals surface area contributed by atoms with Crippen molar-refractivity contribution in [1.29, 1.82) is 0 Å². The first-order valence-electron chi connectivity index (χ1n) is 17.1. The van der Waals surface area contributed by atoms with Crippen LogP contribution < -0.4 is 10.6 Å². The number of likely N-dealkylation sites (tertiary alicyclic amines) is 2. The highest BCUT2D eigenvalue weighted by atomic mass is 16.6. The summed E-state index contributed by atoms with van der Waals surface area (Å²) in [4.78, 5) is 56.7. The molecule has 4 rings (SSSR count). The number of amides is 4. The summed E-state index contributed by atoms with van der Waals surface area (Å²) in [6.07, 6.45) is 1.76. The monoisotopic (exact) mass is 679 g/mol. The van der Waals surface area contributed by atoms with E-state index in [1.807, 2.05) is 90.1 Å². The second-order valence-electron chi connectivity index (χ2n) is 14.7. The zero-order chi connectivity index (χ0) is 35.8. The summed E-state index contributed by atoms with van der Waals surface area (Å²) in [6.45, 7) is 14.5. The molecule has 2 aromatic rings. The van der Waals surface area contributed by atoms with Gasteiger partial charge in [0.15, 0.2) is 0 Å². The van der Waals surface area contributed by atoms with Crippen molar-refractivity contribution < 1.29 is 33.4 Å². The Morgan fingerprint density at radius 3 is 1.43 bits per heavy atom. The molecule has 0 radical (unpaired) electrons. The smallest absolute Gasteiger partial charge is 0.410 e. The van der Waals surface area contributed by atoms with Gasteiger partial charge in [0, 0.05) is 51.2 Å². The maximum Gasteiger partial charge on any atom is 0.410 e. The molecule has 12 nitrogen and oxygen atoms in total. The average Bonchev–Trinajstić information content (AvgIpc) is 3.71. The third-order valence-corrected chi connectivity index (χ3v) is 8.23. The standard InChI is InChI=1S/C37H53N5O7/c1-36(2,3)48-34(45)41-20-8-10-30(41)32(43)38-28-16-12-26(13-17-28)24-40(22-23-47-7)25-27-14-18-29(19-15-27)39-33(44)31-11-9-21-42(31)35(46)49-37(4,5)6/h12-19,30-31H,8-11,20-25H2,1-7H3,(H,38,43)(H,39,44)/t30-,31-/m0/s1. The van der Waals surface area contributed by atoms with Gasteiger partial charge in [-0.25, -0.2) is 9.59 Å². The third kappa shape index (κ3) is 11.5. The van der Waals surface area contributed by atoms with Crippen molar-refractivity contribution in [3.8, 4) is 0 Å². The molecule has 0 aliphatic carbocycles. The van der Waals surface area contributed by atoms with E-state index in [1.165, 1.54) is 9.80 Å².